The number of hydrogen-bond donors (Lipinski definition) is 3. The molecule has 1 aromatic carbocycles. The molecular formula is C12H11Cl3N4O. The van der Waals surface area contributed by atoms with Crippen LogP contribution in [0, 0.1) is 0 Å². The third-order valence-corrected chi connectivity index (χ3v) is 3.09. The van der Waals surface area contributed by atoms with Crippen LogP contribution in [0.3, 0.4) is 0 Å². The Bertz CT molecular complexity index is 554. The molecular weight excluding hydrogens is 323 g/mol. The third kappa shape index (κ3) is 4.03. The van der Waals surface area contributed by atoms with Gasteiger partial charge in [-0.1, -0.05) is 53.0 Å². The average Bonchev–Trinajstić information content (AvgIpc) is 2.92. The number of amides is 1. The van der Waals surface area contributed by atoms with Crippen LogP contribution in [0.15, 0.2) is 42.6 Å². The molecule has 2 rings (SSSR count). The van der Waals surface area contributed by atoms with E-state index >= 15 is 0 Å². The zero-order chi connectivity index (χ0) is 14.6. The van der Waals surface area contributed by atoms with Crippen molar-refractivity contribution in [1.82, 2.24) is 15.5 Å². The molecule has 0 radical (unpaired) electrons. The van der Waals surface area contributed by atoms with Crippen molar-refractivity contribution >= 4 is 46.4 Å². The smallest absolute Gasteiger partial charge is 0.270 e. The quantitative estimate of drug-likeness (QED) is 0.595. The van der Waals surface area contributed by atoms with Crippen molar-refractivity contribution < 1.29 is 4.79 Å². The number of alkyl halides is 3. The highest BCUT2D eigenvalue weighted by Gasteiger charge is 2.34. The molecule has 0 bridgehead atoms. The number of benzene rings is 1. The van der Waals surface area contributed by atoms with E-state index < -0.39 is 15.9 Å². The molecule has 0 spiro atoms. The topological polar surface area (TPSA) is 69.8 Å². The Kier molecular flexibility index (Phi) is 4.75. The van der Waals surface area contributed by atoms with Gasteiger partial charge in [-0.2, -0.15) is 5.10 Å². The lowest BCUT2D eigenvalue weighted by Gasteiger charge is -2.27. The van der Waals surface area contributed by atoms with Crippen molar-refractivity contribution in [2.45, 2.75) is 9.96 Å². The van der Waals surface area contributed by atoms with E-state index in [-0.39, 0.29) is 5.69 Å². The second kappa shape index (κ2) is 6.35. The van der Waals surface area contributed by atoms with Gasteiger partial charge in [-0.15, -0.1) is 0 Å². The van der Waals surface area contributed by atoms with Crippen molar-refractivity contribution in [2.75, 3.05) is 5.32 Å². The molecule has 1 atom stereocenters. The third-order valence-electron chi connectivity index (χ3n) is 2.43. The largest absolute Gasteiger partial charge is 0.362 e. The van der Waals surface area contributed by atoms with E-state index in [2.05, 4.69) is 20.8 Å². The van der Waals surface area contributed by atoms with Crippen LogP contribution in [-0.4, -0.2) is 26.1 Å². The molecule has 0 aliphatic heterocycles. The summed E-state index contributed by atoms with van der Waals surface area (Å²) in [6, 6.07) is 10.6. The van der Waals surface area contributed by atoms with Gasteiger partial charge in [0.2, 0.25) is 3.79 Å². The van der Waals surface area contributed by atoms with Crippen LogP contribution in [0.25, 0.3) is 0 Å². The van der Waals surface area contributed by atoms with Crippen LogP contribution in [0.4, 0.5) is 5.69 Å². The van der Waals surface area contributed by atoms with Gasteiger partial charge >= 0.3 is 0 Å². The summed E-state index contributed by atoms with van der Waals surface area (Å²) in [5.41, 5.74) is 0.993. The summed E-state index contributed by atoms with van der Waals surface area (Å²) in [6.45, 7) is 0. The fraction of sp³-hybridized carbons (Fsp3) is 0.167. The van der Waals surface area contributed by atoms with Gasteiger partial charge < -0.3 is 10.6 Å². The Morgan fingerprint density at radius 3 is 2.45 bits per heavy atom. The van der Waals surface area contributed by atoms with Crippen molar-refractivity contribution in [3.63, 3.8) is 0 Å². The molecule has 20 heavy (non-hydrogen) atoms. The number of nitrogens with zero attached hydrogens (tertiary/aromatic N) is 1. The molecule has 2 aromatic rings. The number of aromatic amines is 1. The summed E-state index contributed by atoms with van der Waals surface area (Å²) in [5, 5.41) is 11.8. The monoisotopic (exact) mass is 332 g/mol. The van der Waals surface area contributed by atoms with Gasteiger partial charge in [0.05, 0.1) is 0 Å². The Hall–Kier alpha value is -1.43. The number of para-hydroxylation sites is 1. The lowest BCUT2D eigenvalue weighted by molar-refractivity contribution is 0.0937. The summed E-state index contributed by atoms with van der Waals surface area (Å²) < 4.78 is -1.72. The Morgan fingerprint density at radius 1 is 1.20 bits per heavy atom. The highest BCUT2D eigenvalue weighted by molar-refractivity contribution is 6.68. The van der Waals surface area contributed by atoms with Gasteiger partial charge in [-0.3, -0.25) is 9.89 Å². The van der Waals surface area contributed by atoms with E-state index in [4.69, 9.17) is 34.8 Å². The van der Waals surface area contributed by atoms with Crippen LogP contribution in [-0.2, 0) is 0 Å². The average molecular weight is 334 g/mol. The molecule has 1 unspecified atom stereocenters. The maximum atomic E-state index is 12.0. The molecule has 1 heterocycles. The number of H-pyrrole nitrogens is 1. The molecule has 8 heteroatoms. The molecule has 0 saturated heterocycles. The van der Waals surface area contributed by atoms with Crippen LogP contribution in [0.2, 0.25) is 0 Å². The first-order valence-electron chi connectivity index (χ1n) is 5.65. The normalized spacial score (nSPS) is 12.8. The molecule has 1 amide bonds. The van der Waals surface area contributed by atoms with Gasteiger partial charge in [-0.05, 0) is 18.2 Å². The molecule has 3 N–H and O–H groups in total. The van der Waals surface area contributed by atoms with Gasteiger partial charge in [0, 0.05) is 11.9 Å². The molecule has 0 aliphatic carbocycles. The van der Waals surface area contributed by atoms with Crippen molar-refractivity contribution in [2.24, 2.45) is 0 Å². The first-order chi connectivity index (χ1) is 9.47. The number of anilines is 1. The zero-order valence-corrected chi connectivity index (χ0v) is 12.4. The number of hydrogen-bond acceptors (Lipinski definition) is 3. The molecule has 5 nitrogen and oxygen atoms in total. The van der Waals surface area contributed by atoms with Crippen molar-refractivity contribution in [3.8, 4) is 0 Å². The second-order valence-corrected chi connectivity index (χ2v) is 6.30. The number of rotatable bonds is 4. The van der Waals surface area contributed by atoms with E-state index in [0.717, 1.165) is 0 Å². The van der Waals surface area contributed by atoms with E-state index in [1.54, 1.807) is 12.1 Å². The number of nitrogens with one attached hydrogen (secondary N) is 3. The molecule has 0 aliphatic rings. The summed E-state index contributed by atoms with van der Waals surface area (Å²) in [5.74, 6) is -0.428. The van der Waals surface area contributed by atoms with Gasteiger partial charge in [0.1, 0.15) is 11.9 Å². The lowest BCUT2D eigenvalue weighted by atomic mass is 10.3. The standard InChI is InChI=1S/C12H11Cl3N4O/c13-12(14,15)11(17-8-4-2-1-3-5-8)18-10(20)9-6-7-16-19-9/h1-7,11,17H,(H,16,19)(H,18,20). The summed E-state index contributed by atoms with van der Waals surface area (Å²) >= 11 is 17.6. The van der Waals surface area contributed by atoms with Crippen molar-refractivity contribution in [3.05, 3.63) is 48.3 Å². The number of aromatic nitrogens is 2. The predicted molar refractivity (Wildman–Crippen MR) is 80.2 cm³/mol. The van der Waals surface area contributed by atoms with Crippen molar-refractivity contribution in [1.29, 1.82) is 0 Å². The minimum absolute atomic E-state index is 0.277. The first-order valence-corrected chi connectivity index (χ1v) is 6.79. The number of halogens is 3. The Balaban J connectivity index is 2.11. The Labute approximate surface area is 130 Å². The molecule has 0 saturated carbocycles. The second-order valence-electron chi connectivity index (χ2n) is 3.93. The summed E-state index contributed by atoms with van der Waals surface area (Å²) in [7, 11) is 0. The zero-order valence-electron chi connectivity index (χ0n) is 10.1. The minimum atomic E-state index is -1.72. The van der Waals surface area contributed by atoms with Crippen LogP contribution < -0.4 is 10.6 Å². The van der Waals surface area contributed by atoms with Crippen LogP contribution >= 0.6 is 34.8 Å². The fourth-order valence-electron chi connectivity index (χ4n) is 1.49. The van der Waals surface area contributed by atoms with E-state index in [0.29, 0.717) is 5.69 Å². The molecule has 0 fully saturated rings. The highest BCUT2D eigenvalue weighted by Crippen LogP contribution is 2.31. The predicted octanol–water partition coefficient (Wildman–Crippen LogP) is 2.95. The van der Waals surface area contributed by atoms with E-state index in [9.17, 15) is 4.79 Å². The molecule has 106 valence electrons. The number of carbonyl (C=O) groups is 1. The summed E-state index contributed by atoms with van der Waals surface area (Å²) in [6.07, 6.45) is 0.565. The van der Waals surface area contributed by atoms with Crippen LogP contribution in [0.5, 0.6) is 0 Å². The van der Waals surface area contributed by atoms with Gasteiger partial charge in [0.25, 0.3) is 5.91 Å². The molecule has 1 aromatic heterocycles. The summed E-state index contributed by atoms with van der Waals surface area (Å²) in [4.78, 5) is 12.0. The fourth-order valence-corrected chi connectivity index (χ4v) is 1.82. The van der Waals surface area contributed by atoms with E-state index in [1.807, 2.05) is 18.2 Å². The Morgan fingerprint density at radius 2 is 1.90 bits per heavy atom. The maximum Gasteiger partial charge on any atom is 0.270 e. The number of carbonyl (C=O) groups excluding carboxylic acids is 1. The van der Waals surface area contributed by atoms with E-state index in [1.165, 1.54) is 12.3 Å². The first kappa shape index (κ1) is 15.0. The SMILES string of the molecule is O=C(NC(Nc1ccccc1)C(Cl)(Cl)Cl)c1ccn[nH]1. The lowest BCUT2D eigenvalue weighted by Crippen LogP contribution is -2.49. The minimum Gasteiger partial charge on any atom is -0.362 e. The highest BCUT2D eigenvalue weighted by atomic mass is 35.6. The van der Waals surface area contributed by atoms with Crippen LogP contribution in [0.1, 0.15) is 10.5 Å². The van der Waals surface area contributed by atoms with Gasteiger partial charge in [-0.25, -0.2) is 0 Å². The van der Waals surface area contributed by atoms with Gasteiger partial charge in [0.15, 0.2) is 0 Å². The maximum absolute atomic E-state index is 12.0.